The van der Waals surface area contributed by atoms with E-state index in [1.54, 1.807) is 18.2 Å². The van der Waals surface area contributed by atoms with Gasteiger partial charge in [-0.3, -0.25) is 25.2 Å². The highest BCUT2D eigenvalue weighted by molar-refractivity contribution is 6.31. The highest BCUT2D eigenvalue weighted by atomic mass is 35.5. The lowest BCUT2D eigenvalue weighted by molar-refractivity contribution is -0.117. The van der Waals surface area contributed by atoms with E-state index < -0.39 is 17.2 Å². The third-order valence-corrected chi connectivity index (χ3v) is 4.44. The van der Waals surface area contributed by atoms with E-state index in [2.05, 4.69) is 22.8 Å². The molecule has 0 fully saturated rings. The van der Waals surface area contributed by atoms with Crippen LogP contribution in [0.4, 0.5) is 0 Å². The Bertz CT molecular complexity index is 1120. The highest BCUT2D eigenvalue weighted by Gasteiger charge is 2.13. The number of carbonyl (C=O) groups excluding carboxylic acids is 2. The first-order valence-electron chi connectivity index (χ1n) is 8.66. The molecule has 0 aliphatic rings. The number of aromatic amines is 1. The summed E-state index contributed by atoms with van der Waals surface area (Å²) in [6, 6.07) is 12.6. The van der Waals surface area contributed by atoms with Gasteiger partial charge in [-0.2, -0.15) is 0 Å². The van der Waals surface area contributed by atoms with Crippen LogP contribution in [0, 0.1) is 0 Å². The number of fused-ring (bicyclic) bond motifs is 1. The topological polar surface area (TPSA) is 91.1 Å². The predicted molar refractivity (Wildman–Crippen MR) is 110 cm³/mol. The van der Waals surface area contributed by atoms with E-state index in [0.29, 0.717) is 15.9 Å². The van der Waals surface area contributed by atoms with E-state index in [4.69, 9.17) is 11.6 Å². The van der Waals surface area contributed by atoms with Crippen molar-refractivity contribution in [3.05, 3.63) is 86.7 Å². The largest absolute Gasteiger partial charge is 0.360 e. The Labute approximate surface area is 166 Å². The second-order valence-electron chi connectivity index (χ2n) is 6.09. The molecule has 0 bridgehead atoms. The zero-order valence-corrected chi connectivity index (χ0v) is 15.8. The lowest BCUT2D eigenvalue weighted by Crippen LogP contribution is -2.42. The van der Waals surface area contributed by atoms with Crippen molar-refractivity contribution in [1.82, 2.24) is 15.8 Å². The molecular weight excluding hydrogens is 378 g/mol. The fourth-order valence-corrected chi connectivity index (χ4v) is 2.80. The summed E-state index contributed by atoms with van der Waals surface area (Å²) in [6.07, 6.45) is 5.17. The number of nitrogens with one attached hydrogen (secondary N) is 3. The van der Waals surface area contributed by atoms with Gasteiger partial charge in [0.2, 0.25) is 5.43 Å². The fourth-order valence-electron chi connectivity index (χ4n) is 2.62. The smallest absolute Gasteiger partial charge is 0.275 e. The second-order valence-corrected chi connectivity index (χ2v) is 6.53. The van der Waals surface area contributed by atoms with E-state index in [1.165, 1.54) is 23.9 Å². The van der Waals surface area contributed by atoms with Crippen molar-refractivity contribution < 1.29 is 9.59 Å². The van der Waals surface area contributed by atoms with Crippen molar-refractivity contribution in [3.63, 3.8) is 0 Å². The van der Waals surface area contributed by atoms with Gasteiger partial charge in [-0.15, -0.1) is 0 Å². The van der Waals surface area contributed by atoms with Gasteiger partial charge in [0.05, 0.1) is 0 Å². The SMILES string of the molecule is CCc1ccc(/C=C/C(=O)NNC(=O)c2c[nH]c3ccc(Cl)cc3c2=O)cc1. The number of carbonyl (C=O) groups is 2. The normalized spacial score (nSPS) is 10.9. The molecule has 0 saturated carbocycles. The van der Waals surface area contributed by atoms with Crippen molar-refractivity contribution in [1.29, 1.82) is 0 Å². The Morgan fingerprint density at radius 3 is 2.57 bits per heavy atom. The first kappa shape index (κ1) is 19.4. The Kier molecular flexibility index (Phi) is 5.91. The second kappa shape index (κ2) is 8.54. The summed E-state index contributed by atoms with van der Waals surface area (Å²) < 4.78 is 0. The van der Waals surface area contributed by atoms with Crippen LogP contribution in [0.25, 0.3) is 17.0 Å². The maximum Gasteiger partial charge on any atom is 0.275 e. The average Bonchev–Trinajstić information content (AvgIpc) is 2.71. The highest BCUT2D eigenvalue weighted by Crippen LogP contribution is 2.15. The zero-order valence-electron chi connectivity index (χ0n) is 15.1. The molecule has 0 saturated heterocycles. The van der Waals surface area contributed by atoms with Gasteiger partial charge in [-0.05, 0) is 41.8 Å². The molecule has 6 nitrogen and oxygen atoms in total. The lowest BCUT2D eigenvalue weighted by atomic mass is 10.1. The van der Waals surface area contributed by atoms with Crippen molar-refractivity contribution in [3.8, 4) is 0 Å². The van der Waals surface area contributed by atoms with Gasteiger partial charge < -0.3 is 4.98 Å². The van der Waals surface area contributed by atoms with Gasteiger partial charge in [0.15, 0.2) is 0 Å². The molecule has 2 aromatic carbocycles. The van der Waals surface area contributed by atoms with Gasteiger partial charge in [0, 0.05) is 28.2 Å². The minimum absolute atomic E-state index is 0.130. The molecule has 0 atom stereocenters. The molecule has 0 spiro atoms. The van der Waals surface area contributed by atoms with Crippen LogP contribution in [-0.4, -0.2) is 16.8 Å². The van der Waals surface area contributed by atoms with Crippen LogP contribution >= 0.6 is 11.6 Å². The molecule has 0 aliphatic heterocycles. The molecule has 2 amide bonds. The summed E-state index contributed by atoms with van der Waals surface area (Å²) in [4.78, 5) is 39.5. The standard InChI is InChI=1S/C21H18ClN3O3/c1-2-13-3-5-14(6-4-13)7-10-19(26)24-25-21(28)17-12-23-18-9-8-15(22)11-16(18)20(17)27/h3-12H,2H2,1H3,(H,23,27)(H,24,26)(H,25,28)/b10-7+. The molecule has 7 heteroatoms. The number of hydrazine groups is 1. The number of amides is 2. The van der Waals surface area contributed by atoms with Crippen molar-refractivity contribution in [2.24, 2.45) is 0 Å². The minimum atomic E-state index is -0.725. The van der Waals surface area contributed by atoms with Crippen molar-refractivity contribution >= 4 is 40.4 Å². The Hall–Kier alpha value is -3.38. The van der Waals surface area contributed by atoms with Crippen LogP contribution < -0.4 is 16.3 Å². The van der Waals surface area contributed by atoms with Gasteiger partial charge >= 0.3 is 0 Å². The van der Waals surface area contributed by atoms with Gasteiger partial charge in [-0.25, -0.2) is 0 Å². The lowest BCUT2D eigenvalue weighted by Gasteiger charge is -2.06. The number of aryl methyl sites for hydroxylation is 1. The molecule has 3 N–H and O–H groups in total. The number of pyridine rings is 1. The van der Waals surface area contributed by atoms with E-state index in [1.807, 2.05) is 24.3 Å². The number of halogens is 1. The monoisotopic (exact) mass is 395 g/mol. The van der Waals surface area contributed by atoms with Crippen LogP contribution in [0.1, 0.15) is 28.4 Å². The van der Waals surface area contributed by atoms with Gasteiger partial charge in [-0.1, -0.05) is 42.8 Å². The van der Waals surface area contributed by atoms with E-state index in [9.17, 15) is 14.4 Å². The molecule has 3 aromatic rings. The molecule has 0 radical (unpaired) electrons. The van der Waals surface area contributed by atoms with Crippen LogP contribution in [0.2, 0.25) is 5.02 Å². The summed E-state index contributed by atoms with van der Waals surface area (Å²) in [7, 11) is 0. The molecule has 3 rings (SSSR count). The molecule has 1 aromatic heterocycles. The predicted octanol–water partition coefficient (Wildman–Crippen LogP) is 3.22. The van der Waals surface area contributed by atoms with Crippen LogP contribution in [0.3, 0.4) is 0 Å². The third-order valence-electron chi connectivity index (χ3n) is 4.20. The number of hydrogen-bond donors (Lipinski definition) is 3. The first-order chi connectivity index (χ1) is 13.5. The number of H-pyrrole nitrogens is 1. The third kappa shape index (κ3) is 4.47. The van der Waals surface area contributed by atoms with E-state index >= 15 is 0 Å². The molecule has 1 heterocycles. The van der Waals surface area contributed by atoms with Gasteiger partial charge in [0.1, 0.15) is 5.56 Å². The Morgan fingerprint density at radius 2 is 1.86 bits per heavy atom. The summed E-state index contributed by atoms with van der Waals surface area (Å²) in [5.74, 6) is -1.25. The maximum atomic E-state index is 12.5. The Balaban J connectivity index is 1.65. The molecule has 0 aliphatic carbocycles. The van der Waals surface area contributed by atoms with Crippen LogP contribution in [0.15, 0.2) is 59.5 Å². The number of aromatic nitrogens is 1. The molecule has 0 unspecified atom stereocenters. The van der Waals surface area contributed by atoms with Crippen LogP contribution in [-0.2, 0) is 11.2 Å². The maximum absolute atomic E-state index is 12.5. The summed E-state index contributed by atoms with van der Waals surface area (Å²) in [5, 5.41) is 0.683. The van der Waals surface area contributed by atoms with Gasteiger partial charge in [0.25, 0.3) is 11.8 Å². The summed E-state index contributed by atoms with van der Waals surface area (Å²) in [6.45, 7) is 2.07. The molecule has 142 valence electrons. The summed E-state index contributed by atoms with van der Waals surface area (Å²) in [5.41, 5.74) is 6.51. The fraction of sp³-hybridized carbons (Fsp3) is 0.0952. The minimum Gasteiger partial charge on any atom is -0.360 e. The quantitative estimate of drug-likeness (QED) is 0.468. The van der Waals surface area contributed by atoms with E-state index in [-0.39, 0.29) is 5.56 Å². The van der Waals surface area contributed by atoms with Crippen LogP contribution in [0.5, 0.6) is 0 Å². The zero-order chi connectivity index (χ0) is 20.1. The number of benzene rings is 2. The molecular formula is C21H18ClN3O3. The van der Waals surface area contributed by atoms with Crippen molar-refractivity contribution in [2.45, 2.75) is 13.3 Å². The summed E-state index contributed by atoms with van der Waals surface area (Å²) >= 11 is 5.91. The number of hydrogen-bond acceptors (Lipinski definition) is 3. The average molecular weight is 396 g/mol. The Morgan fingerprint density at radius 1 is 1.11 bits per heavy atom. The van der Waals surface area contributed by atoms with E-state index in [0.717, 1.165) is 12.0 Å². The number of rotatable bonds is 4. The molecule has 28 heavy (non-hydrogen) atoms. The van der Waals surface area contributed by atoms with Crippen molar-refractivity contribution in [2.75, 3.05) is 0 Å². The first-order valence-corrected chi connectivity index (χ1v) is 9.04.